The Balaban J connectivity index is 1.74. The molecule has 24 heavy (non-hydrogen) atoms. The first kappa shape index (κ1) is 16.5. The number of aryl methyl sites for hydroxylation is 2. The van der Waals surface area contributed by atoms with E-state index >= 15 is 0 Å². The summed E-state index contributed by atoms with van der Waals surface area (Å²) in [5.74, 6) is 0.137. The summed E-state index contributed by atoms with van der Waals surface area (Å²) in [6.45, 7) is 0. The molecule has 0 unspecified atom stereocenters. The van der Waals surface area contributed by atoms with Crippen molar-refractivity contribution in [3.63, 3.8) is 0 Å². The Kier molecular flexibility index (Phi) is 4.66. The van der Waals surface area contributed by atoms with Gasteiger partial charge in [0.15, 0.2) is 5.78 Å². The summed E-state index contributed by atoms with van der Waals surface area (Å²) in [6.07, 6.45) is 9.35. The molecule has 0 radical (unpaired) electrons. The Morgan fingerprint density at radius 3 is 1.54 bits per heavy atom. The number of halogens is 2. The molecule has 0 saturated heterocycles. The van der Waals surface area contributed by atoms with Crippen LogP contribution in [0.1, 0.15) is 63.9 Å². The highest BCUT2D eigenvalue weighted by atomic mass is 79.9. The molecule has 3 heteroatoms. The minimum absolute atomic E-state index is 0.137. The molecule has 0 aromatic heterocycles. The minimum atomic E-state index is 0.137. The van der Waals surface area contributed by atoms with E-state index in [0.717, 1.165) is 45.8 Å². The van der Waals surface area contributed by atoms with Crippen LogP contribution in [0.4, 0.5) is 0 Å². The van der Waals surface area contributed by atoms with Crippen LogP contribution < -0.4 is 0 Å². The SMILES string of the molecule is O=C(c1cc(Br)c2c(c1)CCCC2)c1cc(Br)c2c(c1)CCCC2. The Hall–Kier alpha value is -0.930. The van der Waals surface area contributed by atoms with E-state index in [4.69, 9.17) is 0 Å². The van der Waals surface area contributed by atoms with Gasteiger partial charge in [-0.25, -0.2) is 0 Å². The quantitative estimate of drug-likeness (QED) is 0.500. The second-order valence-corrected chi connectivity index (χ2v) is 8.64. The molecule has 4 rings (SSSR count). The zero-order valence-corrected chi connectivity index (χ0v) is 16.8. The Labute approximate surface area is 160 Å². The number of carbonyl (C=O) groups is 1. The summed E-state index contributed by atoms with van der Waals surface area (Å²) in [5, 5.41) is 0. The normalized spacial score (nSPS) is 16.4. The first-order chi connectivity index (χ1) is 11.6. The lowest BCUT2D eigenvalue weighted by atomic mass is 9.87. The van der Waals surface area contributed by atoms with Gasteiger partial charge in [0.1, 0.15) is 0 Å². The molecule has 2 aromatic rings. The van der Waals surface area contributed by atoms with E-state index in [1.807, 2.05) is 12.1 Å². The van der Waals surface area contributed by atoms with Crippen molar-refractivity contribution in [3.8, 4) is 0 Å². The van der Waals surface area contributed by atoms with Crippen molar-refractivity contribution in [1.82, 2.24) is 0 Å². The van der Waals surface area contributed by atoms with Gasteiger partial charge in [-0.3, -0.25) is 4.79 Å². The summed E-state index contributed by atoms with van der Waals surface area (Å²) < 4.78 is 2.19. The van der Waals surface area contributed by atoms with Gasteiger partial charge in [-0.05, 0) is 97.9 Å². The first-order valence-corrected chi connectivity index (χ1v) is 10.4. The maximum absolute atomic E-state index is 13.1. The number of carbonyl (C=O) groups excluding carboxylic acids is 1. The van der Waals surface area contributed by atoms with Gasteiger partial charge in [-0.1, -0.05) is 31.9 Å². The maximum Gasteiger partial charge on any atom is 0.193 e. The third-order valence-corrected chi connectivity index (χ3v) is 6.76. The van der Waals surface area contributed by atoms with E-state index in [9.17, 15) is 4.79 Å². The van der Waals surface area contributed by atoms with Crippen molar-refractivity contribution in [2.24, 2.45) is 0 Å². The van der Waals surface area contributed by atoms with Crippen LogP contribution in [-0.4, -0.2) is 5.78 Å². The van der Waals surface area contributed by atoms with Crippen LogP contribution >= 0.6 is 31.9 Å². The largest absolute Gasteiger partial charge is 0.289 e. The Bertz CT molecular complexity index is 756. The second kappa shape index (κ2) is 6.76. The van der Waals surface area contributed by atoms with E-state index in [-0.39, 0.29) is 5.78 Å². The summed E-state index contributed by atoms with van der Waals surface area (Å²) >= 11 is 7.37. The molecule has 2 aliphatic rings. The molecule has 1 nitrogen and oxygen atoms in total. The summed E-state index contributed by atoms with van der Waals surface area (Å²) in [7, 11) is 0. The molecule has 124 valence electrons. The van der Waals surface area contributed by atoms with Crippen molar-refractivity contribution >= 4 is 37.6 Å². The zero-order chi connectivity index (χ0) is 16.7. The zero-order valence-electron chi connectivity index (χ0n) is 13.6. The molecular weight excluding hydrogens is 428 g/mol. The summed E-state index contributed by atoms with van der Waals surface area (Å²) in [4.78, 5) is 13.1. The van der Waals surface area contributed by atoms with Gasteiger partial charge in [0.25, 0.3) is 0 Å². The van der Waals surface area contributed by atoms with Gasteiger partial charge in [-0.2, -0.15) is 0 Å². The number of hydrogen-bond acceptors (Lipinski definition) is 1. The number of benzene rings is 2. The Morgan fingerprint density at radius 1 is 0.667 bits per heavy atom. The fraction of sp³-hybridized carbons (Fsp3) is 0.381. The van der Waals surface area contributed by atoms with Crippen molar-refractivity contribution < 1.29 is 4.79 Å². The van der Waals surface area contributed by atoms with E-state index < -0.39 is 0 Å². The highest BCUT2D eigenvalue weighted by Gasteiger charge is 2.20. The third kappa shape index (κ3) is 3.01. The lowest BCUT2D eigenvalue weighted by molar-refractivity contribution is 0.103. The summed E-state index contributed by atoms with van der Waals surface area (Å²) in [6, 6.07) is 8.27. The highest BCUT2D eigenvalue weighted by Crippen LogP contribution is 2.33. The van der Waals surface area contributed by atoms with E-state index in [1.165, 1.54) is 47.9 Å². The van der Waals surface area contributed by atoms with Gasteiger partial charge in [0, 0.05) is 20.1 Å². The minimum Gasteiger partial charge on any atom is -0.289 e. The maximum atomic E-state index is 13.1. The molecule has 0 saturated carbocycles. The van der Waals surface area contributed by atoms with Crippen molar-refractivity contribution in [2.45, 2.75) is 51.4 Å². The third-order valence-electron chi connectivity index (χ3n) is 5.35. The number of ketones is 1. The van der Waals surface area contributed by atoms with Gasteiger partial charge in [0.2, 0.25) is 0 Å². The van der Waals surface area contributed by atoms with Crippen LogP contribution in [0.5, 0.6) is 0 Å². The van der Waals surface area contributed by atoms with Crippen LogP contribution in [0, 0.1) is 0 Å². The van der Waals surface area contributed by atoms with Crippen LogP contribution in [0.2, 0.25) is 0 Å². The molecule has 0 N–H and O–H groups in total. The highest BCUT2D eigenvalue weighted by molar-refractivity contribution is 9.10. The molecular formula is C21H20Br2O. The predicted octanol–water partition coefficient (Wildman–Crippen LogP) is 6.20. The average molecular weight is 448 g/mol. The molecule has 0 spiro atoms. The molecule has 0 atom stereocenters. The molecule has 0 amide bonds. The predicted molar refractivity (Wildman–Crippen MR) is 105 cm³/mol. The van der Waals surface area contributed by atoms with Crippen LogP contribution in [0.25, 0.3) is 0 Å². The molecule has 0 heterocycles. The standard InChI is InChI=1S/C21H20Br2O/c22-19-11-15(9-13-5-1-3-7-17(13)19)21(24)16-10-14-6-2-4-8-18(14)20(23)12-16/h9-12H,1-8H2. The lowest BCUT2D eigenvalue weighted by Crippen LogP contribution is -2.10. The van der Waals surface area contributed by atoms with Crippen LogP contribution in [-0.2, 0) is 25.7 Å². The van der Waals surface area contributed by atoms with Crippen LogP contribution in [0.15, 0.2) is 33.2 Å². The lowest BCUT2D eigenvalue weighted by Gasteiger charge is -2.20. The number of rotatable bonds is 2. The smallest absolute Gasteiger partial charge is 0.193 e. The fourth-order valence-electron chi connectivity index (χ4n) is 4.06. The van der Waals surface area contributed by atoms with Gasteiger partial charge < -0.3 is 0 Å². The molecule has 2 aliphatic carbocycles. The Morgan fingerprint density at radius 2 is 1.08 bits per heavy atom. The van der Waals surface area contributed by atoms with Gasteiger partial charge in [0.05, 0.1) is 0 Å². The summed E-state index contributed by atoms with van der Waals surface area (Å²) in [5.41, 5.74) is 7.09. The average Bonchev–Trinajstić information content (AvgIpc) is 2.61. The van der Waals surface area contributed by atoms with Gasteiger partial charge >= 0.3 is 0 Å². The van der Waals surface area contributed by atoms with Gasteiger partial charge in [-0.15, -0.1) is 0 Å². The fourth-order valence-corrected chi connectivity index (χ4v) is 5.46. The molecule has 0 bridgehead atoms. The van der Waals surface area contributed by atoms with Crippen molar-refractivity contribution in [2.75, 3.05) is 0 Å². The van der Waals surface area contributed by atoms with Crippen LogP contribution in [0.3, 0.4) is 0 Å². The molecule has 0 fully saturated rings. The molecule has 0 aliphatic heterocycles. The number of fused-ring (bicyclic) bond motifs is 2. The van der Waals surface area contributed by atoms with E-state index in [1.54, 1.807) is 0 Å². The van der Waals surface area contributed by atoms with E-state index in [2.05, 4.69) is 44.0 Å². The monoisotopic (exact) mass is 446 g/mol. The van der Waals surface area contributed by atoms with Crippen molar-refractivity contribution in [1.29, 1.82) is 0 Å². The van der Waals surface area contributed by atoms with Crippen molar-refractivity contribution in [3.05, 3.63) is 66.6 Å². The first-order valence-electron chi connectivity index (χ1n) is 8.81. The second-order valence-electron chi connectivity index (χ2n) is 6.93. The molecule has 2 aromatic carbocycles. The van der Waals surface area contributed by atoms with E-state index in [0.29, 0.717) is 0 Å². The number of hydrogen-bond donors (Lipinski definition) is 0. The topological polar surface area (TPSA) is 17.1 Å².